The number of aryl methyl sites for hydroxylation is 1. The van der Waals surface area contributed by atoms with Gasteiger partial charge in [0.05, 0.1) is 6.20 Å². The summed E-state index contributed by atoms with van der Waals surface area (Å²) >= 11 is 0. The summed E-state index contributed by atoms with van der Waals surface area (Å²) in [6.45, 7) is 5.00. The highest BCUT2D eigenvalue weighted by Crippen LogP contribution is 2.10. The fraction of sp³-hybridized carbons (Fsp3) is 0.700. The van der Waals surface area contributed by atoms with Crippen LogP contribution in [0.3, 0.4) is 0 Å². The summed E-state index contributed by atoms with van der Waals surface area (Å²) in [5, 5.41) is 7.37. The van der Waals surface area contributed by atoms with Crippen LogP contribution < -0.4 is 11.1 Å². The first-order chi connectivity index (χ1) is 6.55. The van der Waals surface area contributed by atoms with Gasteiger partial charge in [0.25, 0.3) is 0 Å². The summed E-state index contributed by atoms with van der Waals surface area (Å²) < 4.78 is 1.81. The summed E-state index contributed by atoms with van der Waals surface area (Å²) in [4.78, 5) is 0. The highest BCUT2D eigenvalue weighted by molar-refractivity contribution is 5.34. The predicted molar refractivity (Wildman–Crippen MR) is 59.2 cm³/mol. The van der Waals surface area contributed by atoms with Gasteiger partial charge in [0.15, 0.2) is 0 Å². The van der Waals surface area contributed by atoms with Crippen molar-refractivity contribution in [2.45, 2.75) is 32.2 Å². The van der Waals surface area contributed by atoms with Gasteiger partial charge in [-0.1, -0.05) is 13.3 Å². The molecule has 0 aliphatic heterocycles. The molecule has 4 nitrogen and oxygen atoms in total. The van der Waals surface area contributed by atoms with Gasteiger partial charge in [-0.25, -0.2) is 0 Å². The first kappa shape index (κ1) is 11.0. The molecule has 0 bridgehead atoms. The van der Waals surface area contributed by atoms with E-state index in [1.54, 1.807) is 6.20 Å². The Morgan fingerprint density at radius 2 is 2.36 bits per heavy atom. The largest absolute Gasteiger partial charge is 0.368 e. The van der Waals surface area contributed by atoms with Gasteiger partial charge in [-0.15, -0.1) is 0 Å². The number of aromatic nitrogens is 2. The number of nitrogens with zero attached hydrogens (tertiary/aromatic N) is 2. The van der Waals surface area contributed by atoms with Gasteiger partial charge in [-0.05, 0) is 13.3 Å². The predicted octanol–water partition coefficient (Wildman–Crippen LogP) is 1.35. The van der Waals surface area contributed by atoms with Crippen LogP contribution >= 0.6 is 0 Å². The molecule has 0 spiro atoms. The van der Waals surface area contributed by atoms with E-state index < -0.39 is 0 Å². The van der Waals surface area contributed by atoms with Crippen LogP contribution in [-0.2, 0) is 7.05 Å². The van der Waals surface area contributed by atoms with E-state index in [2.05, 4.69) is 24.3 Å². The summed E-state index contributed by atoms with van der Waals surface area (Å²) in [6.07, 6.45) is 3.91. The second kappa shape index (κ2) is 4.46. The Labute approximate surface area is 85.5 Å². The molecule has 1 heterocycles. The molecule has 0 aromatic carbocycles. The lowest BCUT2D eigenvalue weighted by molar-refractivity contribution is 0.448. The highest BCUT2D eigenvalue weighted by Gasteiger charge is 2.16. The molecule has 80 valence electrons. The van der Waals surface area contributed by atoms with E-state index in [1.165, 1.54) is 0 Å². The molecular formula is C10H20N4. The minimum absolute atomic E-state index is 0.140. The number of rotatable bonds is 5. The van der Waals surface area contributed by atoms with Gasteiger partial charge in [0.1, 0.15) is 5.82 Å². The normalized spacial score (nSPS) is 15.1. The number of nitrogens with two attached hydrogens (primary N) is 1. The summed E-state index contributed by atoms with van der Waals surface area (Å²) in [5.41, 5.74) is 5.96. The lowest BCUT2D eigenvalue weighted by Crippen LogP contribution is -2.43. The first-order valence-electron chi connectivity index (χ1n) is 5.06. The smallest absolute Gasteiger partial charge is 0.123 e. The van der Waals surface area contributed by atoms with Crippen molar-refractivity contribution >= 4 is 5.82 Å². The number of hydrogen-bond donors (Lipinski definition) is 2. The van der Waals surface area contributed by atoms with Gasteiger partial charge in [-0.3, -0.25) is 4.68 Å². The van der Waals surface area contributed by atoms with Crippen LogP contribution in [0.5, 0.6) is 0 Å². The Morgan fingerprint density at radius 3 is 2.86 bits per heavy atom. The van der Waals surface area contributed by atoms with Crippen molar-refractivity contribution in [2.75, 3.05) is 11.9 Å². The van der Waals surface area contributed by atoms with Gasteiger partial charge >= 0.3 is 0 Å². The fourth-order valence-corrected chi connectivity index (χ4v) is 1.50. The van der Waals surface area contributed by atoms with Gasteiger partial charge < -0.3 is 11.1 Å². The molecule has 0 saturated heterocycles. The zero-order valence-electron chi connectivity index (χ0n) is 9.25. The molecule has 0 aliphatic rings. The van der Waals surface area contributed by atoms with Crippen molar-refractivity contribution in [1.82, 2.24) is 9.78 Å². The third-order valence-corrected chi connectivity index (χ3v) is 2.32. The Morgan fingerprint density at radius 1 is 1.64 bits per heavy atom. The Kier molecular flexibility index (Phi) is 3.52. The third-order valence-electron chi connectivity index (χ3n) is 2.32. The van der Waals surface area contributed by atoms with Crippen LogP contribution in [0.1, 0.15) is 26.7 Å². The van der Waals surface area contributed by atoms with E-state index in [4.69, 9.17) is 5.73 Å². The first-order valence-corrected chi connectivity index (χ1v) is 5.06. The van der Waals surface area contributed by atoms with E-state index in [0.717, 1.165) is 25.2 Å². The molecule has 4 heteroatoms. The molecule has 0 fully saturated rings. The average Bonchev–Trinajstić information content (AvgIpc) is 2.48. The molecule has 0 saturated carbocycles. The van der Waals surface area contributed by atoms with Crippen molar-refractivity contribution in [3.8, 4) is 0 Å². The second-order valence-corrected chi connectivity index (χ2v) is 4.10. The van der Waals surface area contributed by atoms with E-state index in [0.29, 0.717) is 0 Å². The average molecular weight is 196 g/mol. The standard InChI is InChI=1S/C10H20N4/c1-4-6-10(2,11)8-12-9-5-7-13-14(9)3/h5,7,12H,4,6,8,11H2,1-3H3. The minimum atomic E-state index is -0.140. The number of hydrogen-bond acceptors (Lipinski definition) is 3. The lowest BCUT2D eigenvalue weighted by Gasteiger charge is -2.24. The van der Waals surface area contributed by atoms with Gasteiger partial charge in [0.2, 0.25) is 0 Å². The summed E-state index contributed by atoms with van der Waals surface area (Å²) in [7, 11) is 1.91. The van der Waals surface area contributed by atoms with Crippen molar-refractivity contribution in [1.29, 1.82) is 0 Å². The van der Waals surface area contributed by atoms with Crippen LogP contribution in [0.15, 0.2) is 12.3 Å². The molecule has 14 heavy (non-hydrogen) atoms. The maximum Gasteiger partial charge on any atom is 0.123 e. The Balaban J connectivity index is 2.44. The molecule has 1 aromatic rings. The van der Waals surface area contributed by atoms with Gasteiger partial charge in [-0.2, -0.15) is 5.10 Å². The minimum Gasteiger partial charge on any atom is -0.368 e. The molecule has 0 amide bonds. The van der Waals surface area contributed by atoms with Crippen LogP contribution in [0.4, 0.5) is 5.82 Å². The van der Waals surface area contributed by atoms with Crippen LogP contribution in [0.2, 0.25) is 0 Å². The zero-order valence-corrected chi connectivity index (χ0v) is 9.25. The van der Waals surface area contributed by atoms with Crippen molar-refractivity contribution in [3.05, 3.63) is 12.3 Å². The molecule has 1 unspecified atom stereocenters. The lowest BCUT2D eigenvalue weighted by atomic mass is 9.98. The van der Waals surface area contributed by atoms with E-state index in [1.807, 2.05) is 17.8 Å². The summed E-state index contributed by atoms with van der Waals surface area (Å²) in [5.74, 6) is 1.01. The number of anilines is 1. The zero-order chi connectivity index (χ0) is 10.6. The van der Waals surface area contributed by atoms with Crippen molar-refractivity contribution in [2.24, 2.45) is 12.8 Å². The molecule has 0 aliphatic carbocycles. The van der Waals surface area contributed by atoms with Gasteiger partial charge in [0, 0.05) is 25.2 Å². The molecule has 3 N–H and O–H groups in total. The molecule has 1 atom stereocenters. The molecule has 1 aromatic heterocycles. The Hall–Kier alpha value is -1.03. The second-order valence-electron chi connectivity index (χ2n) is 4.10. The monoisotopic (exact) mass is 196 g/mol. The maximum atomic E-state index is 6.10. The topological polar surface area (TPSA) is 55.9 Å². The van der Waals surface area contributed by atoms with E-state index in [9.17, 15) is 0 Å². The van der Waals surface area contributed by atoms with Crippen LogP contribution in [0.25, 0.3) is 0 Å². The Bertz CT molecular complexity index is 277. The molecule has 1 rings (SSSR count). The fourth-order valence-electron chi connectivity index (χ4n) is 1.50. The molecule has 0 radical (unpaired) electrons. The van der Waals surface area contributed by atoms with E-state index >= 15 is 0 Å². The van der Waals surface area contributed by atoms with Crippen LogP contribution in [0, 0.1) is 0 Å². The SMILES string of the molecule is CCCC(C)(N)CNc1ccnn1C. The van der Waals surface area contributed by atoms with Crippen LogP contribution in [-0.4, -0.2) is 21.9 Å². The van der Waals surface area contributed by atoms with Crippen molar-refractivity contribution < 1.29 is 0 Å². The third kappa shape index (κ3) is 3.03. The number of nitrogens with one attached hydrogen (secondary N) is 1. The summed E-state index contributed by atoms with van der Waals surface area (Å²) in [6, 6.07) is 1.95. The quantitative estimate of drug-likeness (QED) is 0.747. The van der Waals surface area contributed by atoms with Crippen molar-refractivity contribution in [3.63, 3.8) is 0 Å². The maximum absolute atomic E-state index is 6.10. The highest BCUT2D eigenvalue weighted by atomic mass is 15.3. The molecular weight excluding hydrogens is 176 g/mol. The van der Waals surface area contributed by atoms with E-state index in [-0.39, 0.29) is 5.54 Å².